The summed E-state index contributed by atoms with van der Waals surface area (Å²) in [6, 6.07) is 25.8. The first kappa shape index (κ1) is 22.9. The summed E-state index contributed by atoms with van der Waals surface area (Å²) in [5.41, 5.74) is 3.89. The number of ether oxygens (including phenoxy) is 1. The molecule has 180 valence electrons. The Morgan fingerprint density at radius 3 is 2.29 bits per heavy atom. The fourth-order valence-corrected chi connectivity index (χ4v) is 4.65. The van der Waals surface area contributed by atoms with Crippen molar-refractivity contribution in [1.29, 1.82) is 0 Å². The molecular formula is C28H30N4O3. The molecule has 1 fully saturated rings. The van der Waals surface area contributed by atoms with E-state index in [1.165, 1.54) is 12.5 Å². The van der Waals surface area contributed by atoms with Gasteiger partial charge in [0.05, 0.1) is 12.2 Å². The number of benzene rings is 3. The molecule has 3 aromatic rings. The van der Waals surface area contributed by atoms with E-state index in [9.17, 15) is 9.59 Å². The van der Waals surface area contributed by atoms with E-state index in [0.29, 0.717) is 17.1 Å². The minimum Gasteiger partial charge on any atom is -0.476 e. The number of carbonyl (C=O) groups is 2. The lowest BCUT2D eigenvalue weighted by atomic mass is 10.1. The first-order chi connectivity index (χ1) is 17.1. The zero-order valence-corrected chi connectivity index (χ0v) is 19.9. The average Bonchev–Trinajstić information content (AvgIpc) is 2.89. The molecule has 7 nitrogen and oxygen atoms in total. The fourth-order valence-electron chi connectivity index (χ4n) is 4.65. The smallest absolute Gasteiger partial charge is 0.267 e. The molecule has 2 aliphatic heterocycles. The maximum Gasteiger partial charge on any atom is 0.267 e. The Kier molecular flexibility index (Phi) is 6.68. The number of nitrogens with zero attached hydrogens (tertiary/aromatic N) is 3. The van der Waals surface area contributed by atoms with E-state index in [-0.39, 0.29) is 18.4 Å². The molecule has 1 atom stereocenters. The van der Waals surface area contributed by atoms with Gasteiger partial charge < -0.3 is 19.9 Å². The Labute approximate surface area is 205 Å². The van der Waals surface area contributed by atoms with Crippen LogP contribution >= 0.6 is 0 Å². The van der Waals surface area contributed by atoms with E-state index in [1.807, 2.05) is 42.5 Å². The van der Waals surface area contributed by atoms with Crippen molar-refractivity contribution in [2.75, 3.05) is 47.8 Å². The highest BCUT2D eigenvalue weighted by Gasteiger charge is 2.32. The molecule has 0 unspecified atom stereocenters. The van der Waals surface area contributed by atoms with Gasteiger partial charge in [0.1, 0.15) is 5.75 Å². The molecular weight excluding hydrogens is 440 g/mol. The minimum absolute atomic E-state index is 0.119. The first-order valence-electron chi connectivity index (χ1n) is 12.0. The van der Waals surface area contributed by atoms with E-state index in [1.54, 1.807) is 11.0 Å². The van der Waals surface area contributed by atoms with Crippen LogP contribution in [0, 0.1) is 0 Å². The predicted octanol–water partition coefficient (Wildman–Crippen LogP) is 3.76. The maximum atomic E-state index is 12.9. The highest BCUT2D eigenvalue weighted by molar-refractivity contribution is 5.99. The number of nitrogens with one attached hydrogen (secondary N) is 1. The number of rotatable bonds is 5. The van der Waals surface area contributed by atoms with Crippen LogP contribution in [0.1, 0.15) is 12.5 Å². The molecule has 1 saturated heterocycles. The Bertz CT molecular complexity index is 1170. The van der Waals surface area contributed by atoms with Gasteiger partial charge >= 0.3 is 0 Å². The molecule has 35 heavy (non-hydrogen) atoms. The second-order valence-electron chi connectivity index (χ2n) is 8.99. The Balaban J connectivity index is 1.16. The van der Waals surface area contributed by atoms with Crippen molar-refractivity contribution < 1.29 is 14.3 Å². The summed E-state index contributed by atoms with van der Waals surface area (Å²) in [6.07, 6.45) is -0.772. The minimum atomic E-state index is -0.772. The Morgan fingerprint density at radius 1 is 0.886 bits per heavy atom. The van der Waals surface area contributed by atoms with E-state index in [2.05, 4.69) is 45.4 Å². The Hall–Kier alpha value is -3.84. The number of para-hydroxylation sites is 2. The van der Waals surface area contributed by atoms with Crippen LogP contribution in [-0.4, -0.2) is 55.5 Å². The first-order valence-corrected chi connectivity index (χ1v) is 12.0. The number of piperazine rings is 1. The summed E-state index contributed by atoms with van der Waals surface area (Å²) in [7, 11) is 0. The number of anilines is 3. The molecule has 2 amide bonds. The van der Waals surface area contributed by atoms with Crippen LogP contribution in [-0.2, 0) is 16.1 Å². The van der Waals surface area contributed by atoms with Crippen LogP contribution < -0.4 is 19.9 Å². The third kappa shape index (κ3) is 5.30. The molecule has 3 aromatic carbocycles. The van der Waals surface area contributed by atoms with E-state index in [4.69, 9.17) is 4.74 Å². The van der Waals surface area contributed by atoms with Crippen molar-refractivity contribution in [3.05, 3.63) is 84.4 Å². The van der Waals surface area contributed by atoms with Crippen LogP contribution in [0.3, 0.4) is 0 Å². The van der Waals surface area contributed by atoms with Gasteiger partial charge in [0.2, 0.25) is 5.91 Å². The molecule has 2 aliphatic rings. The van der Waals surface area contributed by atoms with Crippen LogP contribution in [0.25, 0.3) is 0 Å². The summed E-state index contributed by atoms with van der Waals surface area (Å²) in [6.45, 7) is 6.62. The quantitative estimate of drug-likeness (QED) is 0.615. The largest absolute Gasteiger partial charge is 0.476 e. The third-order valence-corrected chi connectivity index (χ3v) is 6.57. The SMILES string of the molecule is CC(=O)N1C[C@H](C(=O)Nc2ccc(N3CCN(Cc4ccccc4)CC3)cc2)Oc2ccccc21. The van der Waals surface area contributed by atoms with Gasteiger partial charge in [0.15, 0.2) is 6.10 Å². The number of amides is 2. The van der Waals surface area contributed by atoms with E-state index < -0.39 is 6.10 Å². The van der Waals surface area contributed by atoms with Gasteiger partial charge in [-0.3, -0.25) is 14.5 Å². The average molecular weight is 471 g/mol. The van der Waals surface area contributed by atoms with Crippen LogP contribution in [0.4, 0.5) is 17.1 Å². The van der Waals surface area contributed by atoms with Crippen molar-refractivity contribution in [3.8, 4) is 5.75 Å². The van der Waals surface area contributed by atoms with Crippen LogP contribution in [0.2, 0.25) is 0 Å². The molecule has 1 N–H and O–H groups in total. The molecule has 0 radical (unpaired) electrons. The van der Waals surface area contributed by atoms with Gasteiger partial charge in [-0.15, -0.1) is 0 Å². The van der Waals surface area contributed by atoms with E-state index in [0.717, 1.165) is 38.4 Å². The highest BCUT2D eigenvalue weighted by atomic mass is 16.5. The van der Waals surface area contributed by atoms with E-state index >= 15 is 0 Å². The highest BCUT2D eigenvalue weighted by Crippen LogP contribution is 2.33. The fraction of sp³-hybridized carbons (Fsp3) is 0.286. The third-order valence-electron chi connectivity index (χ3n) is 6.57. The topological polar surface area (TPSA) is 65.1 Å². The van der Waals surface area contributed by atoms with Gasteiger partial charge in [0, 0.05) is 51.0 Å². The van der Waals surface area contributed by atoms with Gasteiger partial charge in [0.25, 0.3) is 5.91 Å². The van der Waals surface area contributed by atoms with Crippen molar-refractivity contribution in [1.82, 2.24) is 4.90 Å². The number of hydrogen-bond acceptors (Lipinski definition) is 5. The van der Waals surface area contributed by atoms with Crippen molar-refractivity contribution in [2.24, 2.45) is 0 Å². The summed E-state index contributed by atoms with van der Waals surface area (Å²) in [4.78, 5) is 31.5. The number of carbonyl (C=O) groups excluding carboxylic acids is 2. The maximum absolute atomic E-state index is 12.9. The number of hydrogen-bond donors (Lipinski definition) is 1. The zero-order valence-electron chi connectivity index (χ0n) is 19.9. The normalized spacial score (nSPS) is 17.9. The zero-order chi connectivity index (χ0) is 24.2. The van der Waals surface area contributed by atoms with Crippen LogP contribution in [0.15, 0.2) is 78.9 Å². The van der Waals surface area contributed by atoms with Gasteiger partial charge in [-0.25, -0.2) is 0 Å². The standard InChI is InChI=1S/C28H30N4O3/c1-21(33)32-20-27(35-26-10-6-5-9-25(26)32)28(34)29-23-11-13-24(14-12-23)31-17-15-30(16-18-31)19-22-7-3-2-4-8-22/h2-14,27H,15-20H2,1H3,(H,29,34)/t27-/m1/s1. The van der Waals surface area contributed by atoms with Crippen molar-refractivity contribution in [3.63, 3.8) is 0 Å². The lowest BCUT2D eigenvalue weighted by molar-refractivity contribution is -0.123. The summed E-state index contributed by atoms with van der Waals surface area (Å²) >= 11 is 0. The molecule has 0 aliphatic carbocycles. The molecule has 0 spiro atoms. The lowest BCUT2D eigenvalue weighted by Crippen LogP contribution is -2.48. The summed E-state index contributed by atoms with van der Waals surface area (Å²) in [5, 5.41) is 2.94. The van der Waals surface area contributed by atoms with Gasteiger partial charge in [-0.05, 0) is 42.0 Å². The van der Waals surface area contributed by atoms with Crippen LogP contribution in [0.5, 0.6) is 5.75 Å². The molecule has 0 aromatic heterocycles. The molecule has 5 rings (SSSR count). The van der Waals surface area contributed by atoms with Gasteiger partial charge in [-0.1, -0.05) is 42.5 Å². The lowest BCUT2D eigenvalue weighted by Gasteiger charge is -2.36. The summed E-state index contributed by atoms with van der Waals surface area (Å²) < 4.78 is 5.90. The second kappa shape index (κ2) is 10.2. The number of fused-ring (bicyclic) bond motifs is 1. The molecule has 0 saturated carbocycles. The predicted molar refractivity (Wildman–Crippen MR) is 138 cm³/mol. The molecule has 7 heteroatoms. The molecule has 2 heterocycles. The summed E-state index contributed by atoms with van der Waals surface area (Å²) in [5.74, 6) is 0.149. The second-order valence-corrected chi connectivity index (χ2v) is 8.99. The van der Waals surface area contributed by atoms with Crippen molar-refractivity contribution >= 4 is 28.9 Å². The molecule has 0 bridgehead atoms. The van der Waals surface area contributed by atoms with Gasteiger partial charge in [-0.2, -0.15) is 0 Å². The Morgan fingerprint density at radius 2 is 1.57 bits per heavy atom. The monoisotopic (exact) mass is 470 g/mol. The van der Waals surface area contributed by atoms with Crippen molar-refractivity contribution in [2.45, 2.75) is 19.6 Å².